The molecule has 0 aliphatic heterocycles. The monoisotopic (exact) mass is 273 g/mol. The van der Waals surface area contributed by atoms with Gasteiger partial charge in [-0.15, -0.1) is 11.3 Å². The minimum Gasteiger partial charge on any atom is -0.497 e. The molecule has 0 fully saturated rings. The molecule has 0 aliphatic carbocycles. The highest BCUT2D eigenvalue weighted by Crippen LogP contribution is 2.27. The van der Waals surface area contributed by atoms with Crippen LogP contribution in [0.2, 0.25) is 0 Å². The van der Waals surface area contributed by atoms with Crippen LogP contribution in [-0.4, -0.2) is 16.7 Å². The van der Waals surface area contributed by atoms with Crippen LogP contribution in [-0.2, 0) is 7.05 Å². The maximum atomic E-state index is 6.29. The van der Waals surface area contributed by atoms with Gasteiger partial charge in [0.05, 0.1) is 24.2 Å². The van der Waals surface area contributed by atoms with Gasteiger partial charge in [-0.3, -0.25) is 0 Å². The Morgan fingerprint density at radius 2 is 2.21 bits per heavy atom. The Labute approximate surface area is 115 Å². The van der Waals surface area contributed by atoms with E-state index in [0.717, 1.165) is 27.5 Å². The Morgan fingerprint density at radius 1 is 1.37 bits per heavy atom. The van der Waals surface area contributed by atoms with Gasteiger partial charge >= 0.3 is 0 Å². The summed E-state index contributed by atoms with van der Waals surface area (Å²) in [5.41, 5.74) is 8.26. The molecule has 2 heterocycles. The second-order valence-electron chi connectivity index (χ2n) is 4.38. The van der Waals surface area contributed by atoms with E-state index in [-0.39, 0.29) is 6.04 Å². The van der Waals surface area contributed by atoms with Crippen molar-refractivity contribution in [2.45, 2.75) is 6.04 Å². The van der Waals surface area contributed by atoms with Gasteiger partial charge in [-0.2, -0.15) is 0 Å². The number of thiophene rings is 1. The van der Waals surface area contributed by atoms with Crippen LogP contribution in [0, 0.1) is 0 Å². The molecular formula is C14H15N3OS. The molecule has 1 atom stereocenters. The topological polar surface area (TPSA) is 53.1 Å². The highest BCUT2D eigenvalue weighted by molar-refractivity contribution is 7.10. The molecule has 98 valence electrons. The fraction of sp³-hybridized carbons (Fsp3) is 0.214. The quantitative estimate of drug-likeness (QED) is 0.798. The van der Waals surface area contributed by atoms with Gasteiger partial charge < -0.3 is 15.0 Å². The first kappa shape index (κ1) is 12.2. The lowest BCUT2D eigenvalue weighted by molar-refractivity contribution is 0.415. The van der Waals surface area contributed by atoms with Crippen LogP contribution in [0.5, 0.6) is 5.75 Å². The molecule has 1 aromatic carbocycles. The van der Waals surface area contributed by atoms with Gasteiger partial charge in [-0.25, -0.2) is 4.98 Å². The minimum absolute atomic E-state index is 0.191. The van der Waals surface area contributed by atoms with Crippen molar-refractivity contribution in [1.82, 2.24) is 9.55 Å². The number of nitrogens with two attached hydrogens (primary N) is 1. The van der Waals surface area contributed by atoms with Crippen molar-refractivity contribution in [1.29, 1.82) is 0 Å². The SMILES string of the molecule is COc1ccc2c(c1)nc(C(N)c1cccs1)n2C. The normalized spacial score (nSPS) is 12.8. The molecule has 1 unspecified atom stereocenters. The van der Waals surface area contributed by atoms with E-state index in [1.807, 2.05) is 47.3 Å². The van der Waals surface area contributed by atoms with Crippen LogP contribution in [0.1, 0.15) is 16.7 Å². The average molecular weight is 273 g/mol. The first-order valence-corrected chi connectivity index (χ1v) is 6.88. The largest absolute Gasteiger partial charge is 0.497 e. The van der Waals surface area contributed by atoms with Crippen LogP contribution in [0.3, 0.4) is 0 Å². The molecule has 0 aliphatic rings. The highest BCUT2D eigenvalue weighted by Gasteiger charge is 2.17. The van der Waals surface area contributed by atoms with E-state index in [2.05, 4.69) is 4.98 Å². The molecule has 0 amide bonds. The van der Waals surface area contributed by atoms with E-state index in [9.17, 15) is 0 Å². The van der Waals surface area contributed by atoms with Gasteiger partial charge in [0.15, 0.2) is 0 Å². The lowest BCUT2D eigenvalue weighted by Crippen LogP contribution is -2.15. The van der Waals surface area contributed by atoms with E-state index >= 15 is 0 Å². The van der Waals surface area contributed by atoms with E-state index in [1.165, 1.54) is 0 Å². The van der Waals surface area contributed by atoms with E-state index < -0.39 is 0 Å². The molecule has 0 spiro atoms. The Morgan fingerprint density at radius 3 is 2.89 bits per heavy atom. The summed E-state index contributed by atoms with van der Waals surface area (Å²) in [7, 11) is 3.65. The van der Waals surface area contributed by atoms with Crippen molar-refractivity contribution in [3.8, 4) is 5.75 Å². The third-order valence-corrected chi connectivity index (χ3v) is 4.21. The molecule has 0 saturated carbocycles. The molecule has 5 heteroatoms. The van der Waals surface area contributed by atoms with Gasteiger partial charge in [0.2, 0.25) is 0 Å². The predicted molar refractivity (Wildman–Crippen MR) is 77.6 cm³/mol. The van der Waals surface area contributed by atoms with Crippen molar-refractivity contribution in [3.05, 3.63) is 46.4 Å². The number of aryl methyl sites for hydroxylation is 1. The number of nitrogens with zero attached hydrogens (tertiary/aromatic N) is 2. The van der Waals surface area contributed by atoms with Gasteiger partial charge in [-0.05, 0) is 23.6 Å². The second-order valence-corrected chi connectivity index (χ2v) is 5.36. The predicted octanol–water partition coefficient (Wildman–Crippen LogP) is 2.69. The lowest BCUT2D eigenvalue weighted by atomic mass is 10.2. The summed E-state index contributed by atoms with van der Waals surface area (Å²) in [4.78, 5) is 5.76. The Bertz CT molecular complexity index is 703. The summed E-state index contributed by atoms with van der Waals surface area (Å²) in [6, 6.07) is 9.72. The number of aromatic nitrogens is 2. The van der Waals surface area contributed by atoms with Crippen LogP contribution in [0.15, 0.2) is 35.7 Å². The molecule has 0 radical (unpaired) electrons. The number of hydrogen-bond acceptors (Lipinski definition) is 4. The number of benzene rings is 1. The Hall–Kier alpha value is -1.85. The molecule has 3 rings (SSSR count). The number of hydrogen-bond donors (Lipinski definition) is 1. The average Bonchev–Trinajstić information content (AvgIpc) is 3.06. The molecular weight excluding hydrogens is 258 g/mol. The number of rotatable bonds is 3. The maximum absolute atomic E-state index is 6.29. The van der Waals surface area contributed by atoms with Crippen molar-refractivity contribution in [2.24, 2.45) is 12.8 Å². The first-order chi connectivity index (χ1) is 9.20. The van der Waals surface area contributed by atoms with Gasteiger partial charge in [0.25, 0.3) is 0 Å². The summed E-state index contributed by atoms with van der Waals surface area (Å²) in [6.07, 6.45) is 0. The Balaban J connectivity index is 2.11. The summed E-state index contributed by atoms with van der Waals surface area (Å²) >= 11 is 1.65. The zero-order chi connectivity index (χ0) is 13.4. The Kier molecular flexibility index (Phi) is 3.00. The van der Waals surface area contributed by atoms with Crippen molar-refractivity contribution >= 4 is 22.4 Å². The van der Waals surface area contributed by atoms with E-state index in [0.29, 0.717) is 0 Å². The molecule has 0 bridgehead atoms. The lowest BCUT2D eigenvalue weighted by Gasteiger charge is -2.09. The highest BCUT2D eigenvalue weighted by atomic mass is 32.1. The second kappa shape index (κ2) is 4.68. The summed E-state index contributed by atoms with van der Waals surface area (Å²) in [5.74, 6) is 1.67. The molecule has 19 heavy (non-hydrogen) atoms. The molecule has 0 saturated heterocycles. The van der Waals surface area contributed by atoms with E-state index in [1.54, 1.807) is 18.4 Å². The first-order valence-electron chi connectivity index (χ1n) is 6.00. The van der Waals surface area contributed by atoms with Crippen LogP contribution in [0.25, 0.3) is 11.0 Å². The zero-order valence-corrected chi connectivity index (χ0v) is 11.6. The minimum atomic E-state index is -0.191. The summed E-state index contributed by atoms with van der Waals surface area (Å²) < 4.78 is 7.27. The van der Waals surface area contributed by atoms with Crippen LogP contribution in [0.4, 0.5) is 0 Å². The van der Waals surface area contributed by atoms with Crippen molar-refractivity contribution in [3.63, 3.8) is 0 Å². The fourth-order valence-electron chi connectivity index (χ4n) is 2.20. The fourth-order valence-corrected chi connectivity index (χ4v) is 2.92. The number of methoxy groups -OCH3 is 1. The van der Waals surface area contributed by atoms with Crippen molar-refractivity contribution in [2.75, 3.05) is 7.11 Å². The molecule has 2 aromatic heterocycles. The van der Waals surface area contributed by atoms with Crippen LogP contribution < -0.4 is 10.5 Å². The molecule has 4 nitrogen and oxygen atoms in total. The summed E-state index contributed by atoms with van der Waals surface area (Å²) in [6.45, 7) is 0. The van der Waals surface area contributed by atoms with Crippen LogP contribution >= 0.6 is 11.3 Å². The number of fused-ring (bicyclic) bond motifs is 1. The molecule has 2 N–H and O–H groups in total. The number of ether oxygens (including phenoxy) is 1. The smallest absolute Gasteiger partial charge is 0.132 e. The standard InChI is InChI=1S/C14H15N3OS/c1-17-11-6-5-9(18-2)8-10(11)16-14(17)13(15)12-4-3-7-19-12/h3-8,13H,15H2,1-2H3. The number of imidazole rings is 1. The zero-order valence-electron chi connectivity index (χ0n) is 10.8. The van der Waals surface area contributed by atoms with Gasteiger partial charge in [0, 0.05) is 18.0 Å². The molecule has 3 aromatic rings. The third kappa shape index (κ3) is 2.01. The van der Waals surface area contributed by atoms with E-state index in [4.69, 9.17) is 10.5 Å². The van der Waals surface area contributed by atoms with Gasteiger partial charge in [-0.1, -0.05) is 6.07 Å². The summed E-state index contributed by atoms with van der Waals surface area (Å²) in [5, 5.41) is 2.03. The van der Waals surface area contributed by atoms with Gasteiger partial charge in [0.1, 0.15) is 11.6 Å². The maximum Gasteiger partial charge on any atom is 0.132 e. The third-order valence-electron chi connectivity index (χ3n) is 3.25. The van der Waals surface area contributed by atoms with Crippen molar-refractivity contribution < 1.29 is 4.74 Å².